The Bertz CT molecular complexity index is 787. The molecule has 0 amide bonds. The topological polar surface area (TPSA) is 3.24 Å². The molecule has 3 aromatic rings. The van der Waals surface area contributed by atoms with Gasteiger partial charge in [0.15, 0.2) is 0 Å². The number of para-hydroxylation sites is 2. The number of hydrogen-bond acceptors (Lipinski definition) is 1. The highest BCUT2D eigenvalue weighted by atomic mass is 15.2. The van der Waals surface area contributed by atoms with Crippen LogP contribution in [0, 0.1) is 0 Å². The first-order chi connectivity index (χ1) is 11.9. The van der Waals surface area contributed by atoms with Crippen LogP contribution < -0.4 is 4.90 Å². The molecule has 1 aliphatic rings. The molecule has 0 aliphatic carbocycles. The van der Waals surface area contributed by atoms with E-state index >= 15 is 0 Å². The van der Waals surface area contributed by atoms with Crippen molar-refractivity contribution >= 4 is 17.1 Å². The maximum atomic E-state index is 2.40. The Balaban J connectivity index is 1.77. The van der Waals surface area contributed by atoms with Crippen molar-refractivity contribution in [3.63, 3.8) is 0 Å². The Morgan fingerprint density at radius 3 is 1.92 bits per heavy atom. The molecule has 1 heterocycles. The van der Waals surface area contributed by atoms with E-state index in [1.807, 2.05) is 0 Å². The quantitative estimate of drug-likeness (QED) is 0.421. The number of hydrogen-bond donors (Lipinski definition) is 0. The van der Waals surface area contributed by atoms with Crippen molar-refractivity contribution < 1.29 is 0 Å². The highest BCUT2D eigenvalue weighted by Gasteiger charge is 2.23. The van der Waals surface area contributed by atoms with Crippen molar-refractivity contribution in [1.29, 1.82) is 0 Å². The summed E-state index contributed by atoms with van der Waals surface area (Å²) >= 11 is 0. The fourth-order valence-electron chi connectivity index (χ4n) is 3.56. The first kappa shape index (κ1) is 15.0. The molecule has 0 spiro atoms. The Labute approximate surface area is 144 Å². The van der Waals surface area contributed by atoms with Gasteiger partial charge in [0, 0.05) is 23.5 Å². The molecule has 0 radical (unpaired) electrons. The van der Waals surface area contributed by atoms with Crippen LogP contribution in [0.3, 0.4) is 0 Å². The minimum Gasteiger partial charge on any atom is -0.310 e. The van der Waals surface area contributed by atoms with Crippen LogP contribution in [0.4, 0.5) is 17.1 Å². The third kappa shape index (κ3) is 2.71. The van der Waals surface area contributed by atoms with Gasteiger partial charge in [0.25, 0.3) is 0 Å². The molecule has 120 valence electrons. The van der Waals surface area contributed by atoms with Gasteiger partial charge < -0.3 is 4.90 Å². The van der Waals surface area contributed by atoms with Crippen molar-refractivity contribution in [2.45, 2.75) is 32.6 Å². The normalized spacial score (nSPS) is 12.6. The molecule has 0 bridgehead atoms. The monoisotopic (exact) mass is 313 g/mol. The van der Waals surface area contributed by atoms with E-state index in [4.69, 9.17) is 0 Å². The van der Waals surface area contributed by atoms with E-state index in [9.17, 15) is 0 Å². The molecule has 3 aromatic carbocycles. The summed E-state index contributed by atoms with van der Waals surface area (Å²) in [6.45, 7) is 2.25. The number of unbranched alkanes of at least 4 members (excludes halogenated alkanes) is 1. The van der Waals surface area contributed by atoms with E-state index in [2.05, 4.69) is 84.6 Å². The molecular formula is C23H23N. The van der Waals surface area contributed by atoms with Gasteiger partial charge in [-0.1, -0.05) is 61.9 Å². The van der Waals surface area contributed by atoms with Gasteiger partial charge in [0.2, 0.25) is 0 Å². The van der Waals surface area contributed by atoms with Gasteiger partial charge in [-0.05, 0) is 53.8 Å². The van der Waals surface area contributed by atoms with Crippen LogP contribution in [-0.4, -0.2) is 0 Å². The smallest absolute Gasteiger partial charge is 0.0497 e. The van der Waals surface area contributed by atoms with Crippen molar-refractivity contribution in [3.8, 4) is 0 Å². The SMILES string of the molecule is CCCCc1ccc(N2c3ccccc3Cc3ccccc32)cc1. The molecule has 0 fully saturated rings. The largest absolute Gasteiger partial charge is 0.310 e. The Morgan fingerprint density at radius 1 is 0.750 bits per heavy atom. The standard InChI is InChI=1S/C23H23N/c1-2-3-8-18-13-15-21(16-14-18)24-22-11-6-4-9-19(22)17-20-10-5-7-12-23(20)24/h4-7,9-16H,2-3,8,17H2,1H3. The molecule has 1 aliphatic heterocycles. The molecule has 4 rings (SSSR count). The Hall–Kier alpha value is -2.54. The summed E-state index contributed by atoms with van der Waals surface area (Å²) < 4.78 is 0. The molecule has 0 aromatic heterocycles. The van der Waals surface area contributed by atoms with Crippen LogP contribution in [0.15, 0.2) is 72.8 Å². The summed E-state index contributed by atoms with van der Waals surface area (Å²) in [5, 5.41) is 0. The zero-order chi connectivity index (χ0) is 16.4. The van der Waals surface area contributed by atoms with Gasteiger partial charge in [-0.3, -0.25) is 0 Å². The predicted octanol–water partition coefficient (Wildman–Crippen LogP) is 6.40. The van der Waals surface area contributed by atoms with Crippen molar-refractivity contribution in [1.82, 2.24) is 0 Å². The average Bonchev–Trinajstić information content (AvgIpc) is 2.65. The van der Waals surface area contributed by atoms with E-state index in [-0.39, 0.29) is 0 Å². The van der Waals surface area contributed by atoms with Crippen molar-refractivity contribution in [3.05, 3.63) is 89.5 Å². The van der Waals surface area contributed by atoms with Crippen LogP contribution in [0.25, 0.3) is 0 Å². The maximum Gasteiger partial charge on any atom is 0.0497 e. The lowest BCUT2D eigenvalue weighted by Crippen LogP contribution is -2.18. The molecular weight excluding hydrogens is 290 g/mol. The van der Waals surface area contributed by atoms with E-state index in [0.29, 0.717) is 0 Å². The van der Waals surface area contributed by atoms with Gasteiger partial charge in [0.05, 0.1) is 0 Å². The third-order valence-corrected chi connectivity index (χ3v) is 4.86. The summed E-state index contributed by atoms with van der Waals surface area (Å²) in [6, 6.07) is 26.6. The fraction of sp³-hybridized carbons (Fsp3) is 0.217. The fourth-order valence-corrected chi connectivity index (χ4v) is 3.56. The van der Waals surface area contributed by atoms with Gasteiger partial charge >= 0.3 is 0 Å². The molecule has 0 N–H and O–H groups in total. The average molecular weight is 313 g/mol. The minimum absolute atomic E-state index is 1.01. The number of aryl methyl sites for hydroxylation is 1. The molecule has 0 atom stereocenters. The van der Waals surface area contributed by atoms with Crippen LogP contribution >= 0.6 is 0 Å². The number of fused-ring (bicyclic) bond motifs is 2. The van der Waals surface area contributed by atoms with Crippen molar-refractivity contribution in [2.24, 2.45) is 0 Å². The zero-order valence-electron chi connectivity index (χ0n) is 14.2. The van der Waals surface area contributed by atoms with E-state index in [1.54, 1.807) is 0 Å². The number of rotatable bonds is 4. The molecule has 1 nitrogen and oxygen atoms in total. The molecule has 0 saturated carbocycles. The summed E-state index contributed by atoms with van der Waals surface area (Å²) in [5.41, 5.74) is 8.07. The van der Waals surface area contributed by atoms with Crippen LogP contribution in [0.2, 0.25) is 0 Å². The second kappa shape index (κ2) is 6.52. The minimum atomic E-state index is 1.01. The Morgan fingerprint density at radius 2 is 1.33 bits per heavy atom. The lowest BCUT2D eigenvalue weighted by molar-refractivity contribution is 0.795. The van der Waals surface area contributed by atoms with Gasteiger partial charge in [-0.2, -0.15) is 0 Å². The number of anilines is 3. The lowest BCUT2D eigenvalue weighted by Gasteiger charge is -2.33. The van der Waals surface area contributed by atoms with Crippen LogP contribution in [0.1, 0.15) is 36.5 Å². The maximum absolute atomic E-state index is 2.40. The molecule has 24 heavy (non-hydrogen) atoms. The first-order valence-electron chi connectivity index (χ1n) is 8.91. The van der Waals surface area contributed by atoms with Crippen LogP contribution in [0.5, 0.6) is 0 Å². The number of benzene rings is 3. The summed E-state index contributed by atoms with van der Waals surface area (Å²) in [5.74, 6) is 0. The van der Waals surface area contributed by atoms with E-state index < -0.39 is 0 Å². The van der Waals surface area contributed by atoms with Crippen LogP contribution in [-0.2, 0) is 12.8 Å². The molecule has 0 unspecified atom stereocenters. The summed E-state index contributed by atoms with van der Waals surface area (Å²) in [6.07, 6.45) is 4.69. The second-order valence-electron chi connectivity index (χ2n) is 6.54. The second-order valence-corrected chi connectivity index (χ2v) is 6.54. The molecule has 1 heteroatoms. The summed E-state index contributed by atoms with van der Waals surface area (Å²) in [7, 11) is 0. The highest BCUT2D eigenvalue weighted by Crippen LogP contribution is 2.43. The number of nitrogens with zero attached hydrogens (tertiary/aromatic N) is 1. The zero-order valence-corrected chi connectivity index (χ0v) is 14.2. The third-order valence-electron chi connectivity index (χ3n) is 4.86. The molecule has 0 saturated heterocycles. The lowest BCUT2D eigenvalue weighted by atomic mass is 9.95. The Kier molecular flexibility index (Phi) is 4.08. The van der Waals surface area contributed by atoms with Gasteiger partial charge in [0.1, 0.15) is 0 Å². The predicted molar refractivity (Wildman–Crippen MR) is 103 cm³/mol. The van der Waals surface area contributed by atoms with Crippen molar-refractivity contribution in [2.75, 3.05) is 4.90 Å². The van der Waals surface area contributed by atoms with Gasteiger partial charge in [-0.25, -0.2) is 0 Å². The first-order valence-corrected chi connectivity index (χ1v) is 8.91. The van der Waals surface area contributed by atoms with E-state index in [0.717, 1.165) is 6.42 Å². The van der Waals surface area contributed by atoms with Gasteiger partial charge in [-0.15, -0.1) is 0 Å². The summed E-state index contributed by atoms with van der Waals surface area (Å²) in [4.78, 5) is 2.40. The van der Waals surface area contributed by atoms with E-state index in [1.165, 1.54) is 53.0 Å². The highest BCUT2D eigenvalue weighted by molar-refractivity contribution is 5.83.